The molecule has 8 nitrogen and oxygen atoms in total. The van der Waals surface area contributed by atoms with Crippen molar-refractivity contribution in [2.24, 2.45) is 0 Å². The van der Waals surface area contributed by atoms with Crippen LogP contribution >= 0.6 is 46.4 Å². The van der Waals surface area contributed by atoms with Gasteiger partial charge in [-0.15, -0.1) is 0 Å². The molecular formula is C29H23Cl4N3O5S. The minimum atomic E-state index is -3.75. The number of para-hydroxylation sites is 1. The van der Waals surface area contributed by atoms with Crippen molar-refractivity contribution in [2.45, 2.75) is 24.2 Å². The molecule has 1 N–H and O–H groups in total. The normalized spacial score (nSPS) is 14.1. The van der Waals surface area contributed by atoms with Gasteiger partial charge in [-0.1, -0.05) is 71.0 Å². The quantitative estimate of drug-likeness (QED) is 0.162. The highest BCUT2D eigenvalue weighted by Gasteiger charge is 2.27. The number of ether oxygens (including phenoxy) is 1. The molecule has 1 amide bonds. The van der Waals surface area contributed by atoms with Crippen LogP contribution in [-0.2, 0) is 19.6 Å². The van der Waals surface area contributed by atoms with Crippen molar-refractivity contribution in [3.63, 3.8) is 0 Å². The lowest BCUT2D eigenvalue weighted by molar-refractivity contribution is -0.119. The zero-order valence-corrected chi connectivity index (χ0v) is 25.7. The highest BCUT2D eigenvalue weighted by atomic mass is 35.5. The number of pyridine rings is 1. The lowest BCUT2D eigenvalue weighted by atomic mass is 10.0. The van der Waals surface area contributed by atoms with Gasteiger partial charge in [0.25, 0.3) is 5.91 Å². The molecule has 218 valence electrons. The number of carbonyl (C=O) groups is 2. The van der Waals surface area contributed by atoms with Crippen LogP contribution in [-0.4, -0.2) is 49.3 Å². The lowest BCUT2D eigenvalue weighted by Gasteiger charge is -2.26. The van der Waals surface area contributed by atoms with E-state index in [1.54, 1.807) is 36.4 Å². The lowest BCUT2D eigenvalue weighted by Crippen LogP contribution is -2.35. The molecule has 0 saturated carbocycles. The summed E-state index contributed by atoms with van der Waals surface area (Å²) < 4.78 is 32.9. The number of hydrogen-bond acceptors (Lipinski definition) is 6. The molecule has 1 fully saturated rings. The molecule has 0 unspecified atom stereocenters. The van der Waals surface area contributed by atoms with E-state index in [0.29, 0.717) is 35.2 Å². The molecule has 1 saturated heterocycles. The van der Waals surface area contributed by atoms with E-state index in [-0.39, 0.29) is 36.2 Å². The Morgan fingerprint density at radius 3 is 2.36 bits per heavy atom. The number of benzene rings is 3. The maximum absolute atomic E-state index is 13.2. The van der Waals surface area contributed by atoms with Crippen LogP contribution in [0.3, 0.4) is 0 Å². The Morgan fingerprint density at radius 1 is 0.881 bits per heavy atom. The number of fused-ring (bicyclic) bond motifs is 1. The number of rotatable bonds is 7. The summed E-state index contributed by atoms with van der Waals surface area (Å²) in [6, 6.07) is 15.7. The van der Waals surface area contributed by atoms with Gasteiger partial charge in [-0.2, -0.15) is 4.31 Å². The second-order valence-corrected chi connectivity index (χ2v) is 13.0. The summed E-state index contributed by atoms with van der Waals surface area (Å²) in [7, 11) is -3.75. The summed E-state index contributed by atoms with van der Waals surface area (Å²) in [5.41, 5.74) is 1.54. The minimum absolute atomic E-state index is 0.0119. The van der Waals surface area contributed by atoms with Gasteiger partial charge >= 0.3 is 5.97 Å². The average Bonchev–Trinajstić information content (AvgIpc) is 2.99. The molecule has 0 atom stereocenters. The van der Waals surface area contributed by atoms with Crippen molar-refractivity contribution in [2.75, 3.05) is 25.0 Å². The predicted molar refractivity (Wildman–Crippen MR) is 165 cm³/mol. The van der Waals surface area contributed by atoms with E-state index >= 15 is 0 Å². The molecule has 1 aliphatic rings. The fourth-order valence-electron chi connectivity index (χ4n) is 4.62. The third-order valence-electron chi connectivity index (χ3n) is 6.75. The number of piperidine rings is 1. The topological polar surface area (TPSA) is 106 Å². The molecular weight excluding hydrogens is 644 g/mol. The number of sulfonamides is 1. The van der Waals surface area contributed by atoms with Crippen molar-refractivity contribution in [3.05, 3.63) is 86.3 Å². The molecule has 1 aromatic heterocycles. The zero-order chi connectivity index (χ0) is 30.0. The molecule has 0 aliphatic carbocycles. The van der Waals surface area contributed by atoms with Crippen molar-refractivity contribution in [1.82, 2.24) is 9.29 Å². The van der Waals surface area contributed by atoms with Crippen molar-refractivity contribution >= 4 is 84.9 Å². The molecule has 3 aromatic carbocycles. The fourth-order valence-corrected chi connectivity index (χ4v) is 6.96. The molecule has 2 heterocycles. The summed E-state index contributed by atoms with van der Waals surface area (Å²) in [5, 5.41) is 3.77. The number of halogens is 4. The van der Waals surface area contributed by atoms with E-state index < -0.39 is 28.5 Å². The largest absolute Gasteiger partial charge is 0.452 e. The molecule has 0 spiro atoms. The smallest absolute Gasteiger partial charge is 0.339 e. The van der Waals surface area contributed by atoms with Gasteiger partial charge in [0.1, 0.15) is 0 Å². The number of nitrogens with zero attached hydrogens (tertiary/aromatic N) is 2. The van der Waals surface area contributed by atoms with Crippen LogP contribution in [0.5, 0.6) is 0 Å². The van der Waals surface area contributed by atoms with E-state index in [1.165, 1.54) is 28.6 Å². The van der Waals surface area contributed by atoms with Crippen LogP contribution in [0.2, 0.25) is 20.1 Å². The van der Waals surface area contributed by atoms with E-state index in [2.05, 4.69) is 10.3 Å². The Balaban J connectivity index is 1.35. The van der Waals surface area contributed by atoms with Crippen LogP contribution in [0.25, 0.3) is 22.2 Å². The molecule has 13 heteroatoms. The highest BCUT2D eigenvalue weighted by Crippen LogP contribution is 2.38. The Bertz CT molecular complexity index is 1810. The van der Waals surface area contributed by atoms with Gasteiger partial charge in [0.05, 0.1) is 47.4 Å². The number of nitrogens with one attached hydrogen (secondary N) is 1. The minimum Gasteiger partial charge on any atom is -0.452 e. The van der Waals surface area contributed by atoms with Gasteiger partial charge in [0, 0.05) is 24.0 Å². The first kappa shape index (κ1) is 30.5. The molecule has 0 radical (unpaired) electrons. The number of hydrogen-bond donors (Lipinski definition) is 1. The second kappa shape index (κ2) is 12.8. The summed E-state index contributed by atoms with van der Waals surface area (Å²) in [6.07, 6.45) is 2.56. The van der Waals surface area contributed by atoms with Crippen molar-refractivity contribution < 1.29 is 22.7 Å². The van der Waals surface area contributed by atoms with Gasteiger partial charge in [-0.05, 0) is 55.3 Å². The molecule has 5 rings (SSSR count). The Hall–Kier alpha value is -2.92. The number of esters is 1. The predicted octanol–water partition coefficient (Wildman–Crippen LogP) is 7.49. The average molecular weight is 667 g/mol. The maximum Gasteiger partial charge on any atom is 0.339 e. The Kier molecular flexibility index (Phi) is 9.27. The first-order valence-electron chi connectivity index (χ1n) is 12.9. The maximum atomic E-state index is 13.2. The van der Waals surface area contributed by atoms with Gasteiger partial charge < -0.3 is 10.1 Å². The van der Waals surface area contributed by atoms with E-state index in [1.807, 2.05) is 0 Å². The molecule has 4 aromatic rings. The Morgan fingerprint density at radius 2 is 1.60 bits per heavy atom. The van der Waals surface area contributed by atoms with Gasteiger partial charge in [-0.25, -0.2) is 18.2 Å². The third kappa shape index (κ3) is 6.37. The summed E-state index contributed by atoms with van der Waals surface area (Å²) in [5.74, 6) is -1.49. The number of anilines is 1. The van der Waals surface area contributed by atoms with E-state index in [4.69, 9.17) is 51.1 Å². The standard InChI is InChI=1S/C29H23Cl4N3O5S/c30-21-10-8-17(42(39,40)36-12-4-1-5-13-36)14-25(21)35-26(37)16-41-29(38)20-15-24(34-23-7-3-2-6-18(20)23)19-9-11-22(31)28(33)27(19)32/h2-3,6-11,14-15H,1,4-5,12-13,16H2,(H,35,37). The van der Waals surface area contributed by atoms with Crippen LogP contribution in [0.4, 0.5) is 5.69 Å². The third-order valence-corrected chi connectivity index (χ3v) is 10.3. The number of carbonyl (C=O) groups excluding carboxylic acids is 2. The van der Waals surface area contributed by atoms with Crippen LogP contribution in [0.1, 0.15) is 29.6 Å². The zero-order valence-electron chi connectivity index (χ0n) is 21.9. The Labute approximate surface area is 262 Å². The second-order valence-electron chi connectivity index (χ2n) is 9.53. The highest BCUT2D eigenvalue weighted by molar-refractivity contribution is 7.89. The van der Waals surface area contributed by atoms with Crippen LogP contribution in [0, 0.1) is 0 Å². The molecule has 0 bridgehead atoms. The SMILES string of the molecule is O=C(COC(=O)c1cc(-c2ccc(Cl)c(Cl)c2Cl)nc2ccccc12)Nc1cc(S(=O)(=O)N2CCCCC2)ccc1Cl. The summed E-state index contributed by atoms with van der Waals surface area (Å²) in [6.45, 7) is 0.217. The molecule has 42 heavy (non-hydrogen) atoms. The van der Waals surface area contributed by atoms with Crippen LogP contribution in [0.15, 0.2) is 65.6 Å². The van der Waals surface area contributed by atoms with E-state index in [9.17, 15) is 18.0 Å². The van der Waals surface area contributed by atoms with E-state index in [0.717, 1.165) is 19.3 Å². The van der Waals surface area contributed by atoms with Gasteiger partial charge in [0.15, 0.2) is 6.61 Å². The number of amides is 1. The number of aromatic nitrogens is 1. The van der Waals surface area contributed by atoms with Gasteiger partial charge in [0.2, 0.25) is 10.0 Å². The monoisotopic (exact) mass is 665 g/mol. The van der Waals surface area contributed by atoms with Crippen molar-refractivity contribution in [3.8, 4) is 11.3 Å². The fraction of sp³-hybridized carbons (Fsp3) is 0.207. The summed E-state index contributed by atoms with van der Waals surface area (Å²) >= 11 is 24.9. The molecule has 1 aliphatic heterocycles. The first-order valence-corrected chi connectivity index (χ1v) is 15.8. The summed E-state index contributed by atoms with van der Waals surface area (Å²) in [4.78, 5) is 30.6. The van der Waals surface area contributed by atoms with Crippen LogP contribution < -0.4 is 5.32 Å². The van der Waals surface area contributed by atoms with Crippen molar-refractivity contribution in [1.29, 1.82) is 0 Å². The van der Waals surface area contributed by atoms with Gasteiger partial charge in [-0.3, -0.25) is 4.79 Å². The first-order chi connectivity index (χ1) is 20.1.